The molecule has 1 aromatic carbocycles. The number of rotatable bonds is 0. The Balaban J connectivity index is 0.000000138. The van der Waals surface area contributed by atoms with Crippen LogP contribution in [-0.2, 0) is 0 Å². The second-order valence-corrected chi connectivity index (χ2v) is 3.54. The van der Waals surface area contributed by atoms with Crippen LogP contribution < -0.4 is 0 Å². The Hall–Kier alpha value is -2.09. The molecule has 0 saturated carbocycles. The number of aryl methyl sites for hydroxylation is 1. The lowest BCUT2D eigenvalue weighted by molar-refractivity contribution is 1.33. The highest BCUT2D eigenvalue weighted by Gasteiger charge is 1.93. The second-order valence-electron chi connectivity index (χ2n) is 3.54. The number of nitrogens with one attached hydrogen (secondary N) is 1. The maximum atomic E-state index is 3.78. The van der Waals surface area contributed by atoms with E-state index in [0.717, 1.165) is 0 Å². The van der Waals surface area contributed by atoms with Crippen LogP contribution in [0.3, 0.4) is 0 Å². The summed E-state index contributed by atoms with van der Waals surface area (Å²) in [6.45, 7) is 2.11. The van der Waals surface area contributed by atoms with Gasteiger partial charge in [0.05, 0.1) is 0 Å². The minimum atomic E-state index is 1.25. The number of hydrogen-bond acceptors (Lipinski definition) is 1. The molecule has 0 saturated heterocycles. The predicted octanol–water partition coefficient (Wildman–Crippen LogP) is 3.56. The van der Waals surface area contributed by atoms with Crippen LogP contribution in [0.2, 0.25) is 0 Å². The Bertz CT molecular complexity index is 514. The van der Waals surface area contributed by atoms with Gasteiger partial charge < -0.3 is 4.98 Å². The van der Waals surface area contributed by atoms with Gasteiger partial charge in [0.2, 0.25) is 0 Å². The monoisotopic (exact) mass is 210 g/mol. The van der Waals surface area contributed by atoms with Gasteiger partial charge >= 0.3 is 0 Å². The molecule has 2 heterocycles. The SMILES string of the molecule is Cc1cccc2cc[nH]c12.c1ccncc1. The van der Waals surface area contributed by atoms with Crippen molar-refractivity contribution in [1.29, 1.82) is 0 Å². The third kappa shape index (κ3) is 2.48. The quantitative estimate of drug-likeness (QED) is 0.604. The van der Waals surface area contributed by atoms with Crippen molar-refractivity contribution in [1.82, 2.24) is 9.97 Å². The van der Waals surface area contributed by atoms with Gasteiger partial charge in [0.1, 0.15) is 0 Å². The van der Waals surface area contributed by atoms with E-state index in [2.05, 4.69) is 41.2 Å². The molecular formula is C14H14N2. The minimum absolute atomic E-state index is 1.25. The Morgan fingerprint density at radius 3 is 2.31 bits per heavy atom. The highest BCUT2D eigenvalue weighted by molar-refractivity contribution is 5.82. The molecule has 0 bridgehead atoms. The maximum Gasteiger partial charge on any atom is 0.0483 e. The molecule has 2 heteroatoms. The molecule has 2 aromatic heterocycles. The third-order valence-corrected chi connectivity index (χ3v) is 2.36. The fraction of sp³-hybridized carbons (Fsp3) is 0.0714. The molecule has 0 atom stereocenters. The number of hydrogen-bond donors (Lipinski definition) is 1. The summed E-state index contributed by atoms with van der Waals surface area (Å²) in [6.07, 6.45) is 5.47. The molecular weight excluding hydrogens is 196 g/mol. The number of aromatic amines is 1. The van der Waals surface area contributed by atoms with Gasteiger partial charge in [-0.05, 0) is 36.1 Å². The molecule has 0 amide bonds. The lowest BCUT2D eigenvalue weighted by Crippen LogP contribution is -1.72. The molecule has 0 fully saturated rings. The van der Waals surface area contributed by atoms with Crippen molar-refractivity contribution < 1.29 is 0 Å². The van der Waals surface area contributed by atoms with Gasteiger partial charge in [-0.15, -0.1) is 0 Å². The number of aromatic nitrogens is 2. The maximum absolute atomic E-state index is 3.78. The van der Waals surface area contributed by atoms with Crippen LogP contribution in [0.5, 0.6) is 0 Å². The molecule has 0 aliphatic heterocycles. The molecule has 0 aliphatic rings. The average Bonchev–Trinajstić information content (AvgIpc) is 2.82. The van der Waals surface area contributed by atoms with Crippen molar-refractivity contribution in [3.05, 3.63) is 66.6 Å². The van der Waals surface area contributed by atoms with E-state index in [0.29, 0.717) is 0 Å². The lowest BCUT2D eigenvalue weighted by Gasteiger charge is -1.92. The van der Waals surface area contributed by atoms with Gasteiger partial charge in [-0.1, -0.05) is 24.3 Å². The molecule has 0 spiro atoms. The molecule has 0 unspecified atom stereocenters. The largest absolute Gasteiger partial charge is 0.361 e. The van der Waals surface area contributed by atoms with Gasteiger partial charge in [0, 0.05) is 24.1 Å². The Morgan fingerprint density at radius 1 is 0.938 bits per heavy atom. The van der Waals surface area contributed by atoms with Gasteiger partial charge in [-0.3, -0.25) is 4.98 Å². The summed E-state index contributed by atoms with van der Waals surface area (Å²) in [5, 5.41) is 1.29. The first-order valence-corrected chi connectivity index (χ1v) is 5.25. The number of pyridine rings is 1. The van der Waals surface area contributed by atoms with Crippen LogP contribution >= 0.6 is 0 Å². The molecule has 3 aromatic rings. The van der Waals surface area contributed by atoms with Gasteiger partial charge in [-0.25, -0.2) is 0 Å². The van der Waals surface area contributed by atoms with E-state index in [9.17, 15) is 0 Å². The van der Waals surface area contributed by atoms with Gasteiger partial charge in [-0.2, -0.15) is 0 Å². The van der Waals surface area contributed by atoms with Crippen LogP contribution in [0.4, 0.5) is 0 Å². The molecule has 3 rings (SSSR count). The summed E-state index contributed by atoms with van der Waals surface area (Å²) in [4.78, 5) is 6.97. The van der Waals surface area contributed by atoms with Crippen LogP contribution in [0, 0.1) is 6.92 Å². The van der Waals surface area contributed by atoms with E-state index < -0.39 is 0 Å². The molecule has 80 valence electrons. The zero-order valence-corrected chi connectivity index (χ0v) is 9.22. The molecule has 0 radical (unpaired) electrons. The summed E-state index contributed by atoms with van der Waals surface area (Å²) in [5.41, 5.74) is 2.56. The highest BCUT2D eigenvalue weighted by atomic mass is 14.7. The van der Waals surface area contributed by atoms with Crippen molar-refractivity contribution in [3.8, 4) is 0 Å². The smallest absolute Gasteiger partial charge is 0.0483 e. The van der Waals surface area contributed by atoms with E-state index in [1.54, 1.807) is 12.4 Å². The standard InChI is InChI=1S/C9H9N.C5H5N/c1-7-3-2-4-8-5-6-10-9(7)8;1-2-4-6-5-3-1/h2-6,10H,1H3;1-5H. The van der Waals surface area contributed by atoms with E-state index in [4.69, 9.17) is 0 Å². The lowest BCUT2D eigenvalue weighted by atomic mass is 10.2. The number of fused-ring (bicyclic) bond motifs is 1. The number of para-hydroxylation sites is 1. The van der Waals surface area contributed by atoms with E-state index in [1.165, 1.54) is 16.5 Å². The normalized spacial score (nSPS) is 9.56. The van der Waals surface area contributed by atoms with Crippen molar-refractivity contribution in [3.63, 3.8) is 0 Å². The third-order valence-electron chi connectivity index (χ3n) is 2.36. The van der Waals surface area contributed by atoms with Gasteiger partial charge in [0.15, 0.2) is 0 Å². The van der Waals surface area contributed by atoms with Crippen molar-refractivity contribution in [2.45, 2.75) is 6.92 Å². The summed E-state index contributed by atoms with van der Waals surface area (Å²) in [7, 11) is 0. The molecule has 2 nitrogen and oxygen atoms in total. The van der Waals surface area contributed by atoms with Crippen LogP contribution in [0.1, 0.15) is 5.56 Å². The number of nitrogens with zero attached hydrogens (tertiary/aromatic N) is 1. The van der Waals surface area contributed by atoms with E-state index in [-0.39, 0.29) is 0 Å². The first-order valence-electron chi connectivity index (χ1n) is 5.25. The first kappa shape index (κ1) is 10.4. The number of benzene rings is 1. The highest BCUT2D eigenvalue weighted by Crippen LogP contribution is 2.14. The van der Waals surface area contributed by atoms with Crippen LogP contribution in [0.15, 0.2) is 61.1 Å². The first-order chi connectivity index (χ1) is 7.88. The van der Waals surface area contributed by atoms with Crippen molar-refractivity contribution >= 4 is 10.9 Å². The summed E-state index contributed by atoms with van der Waals surface area (Å²) >= 11 is 0. The van der Waals surface area contributed by atoms with Crippen molar-refractivity contribution in [2.75, 3.05) is 0 Å². The molecule has 16 heavy (non-hydrogen) atoms. The van der Waals surface area contributed by atoms with Crippen LogP contribution in [0.25, 0.3) is 10.9 Å². The fourth-order valence-electron chi connectivity index (χ4n) is 1.55. The van der Waals surface area contributed by atoms with E-state index >= 15 is 0 Å². The fourth-order valence-corrected chi connectivity index (χ4v) is 1.55. The second kappa shape index (κ2) is 5.12. The van der Waals surface area contributed by atoms with Gasteiger partial charge in [0.25, 0.3) is 0 Å². The average molecular weight is 210 g/mol. The zero-order valence-electron chi connectivity index (χ0n) is 9.22. The zero-order chi connectivity index (χ0) is 11.2. The van der Waals surface area contributed by atoms with Crippen molar-refractivity contribution in [2.24, 2.45) is 0 Å². The summed E-state index contributed by atoms with van der Waals surface area (Å²) in [5.74, 6) is 0. The number of H-pyrrole nitrogens is 1. The summed E-state index contributed by atoms with van der Waals surface area (Å²) < 4.78 is 0. The topological polar surface area (TPSA) is 28.7 Å². The minimum Gasteiger partial charge on any atom is -0.361 e. The molecule has 0 aliphatic carbocycles. The van der Waals surface area contributed by atoms with Crippen LogP contribution in [-0.4, -0.2) is 9.97 Å². The van der Waals surface area contributed by atoms with E-state index in [1.807, 2.05) is 24.4 Å². The Morgan fingerprint density at radius 2 is 1.75 bits per heavy atom. The Labute approximate surface area is 95.0 Å². The Kier molecular flexibility index (Phi) is 3.34. The summed E-state index contributed by atoms with van der Waals surface area (Å²) in [6, 6.07) is 14.1. The molecule has 1 N–H and O–H groups in total. The predicted molar refractivity (Wildman–Crippen MR) is 67.3 cm³/mol.